The van der Waals surface area contributed by atoms with Crippen molar-refractivity contribution in [3.8, 4) is 0 Å². The Bertz CT molecular complexity index is 204. The van der Waals surface area contributed by atoms with Gasteiger partial charge >= 0.3 is 0 Å². The number of carbonyl (C=O) groups excluding carboxylic acids is 1. The van der Waals surface area contributed by atoms with E-state index in [1.54, 1.807) is 0 Å². The molecule has 0 spiro atoms. The van der Waals surface area contributed by atoms with Gasteiger partial charge in [-0.3, -0.25) is 4.79 Å². The first-order chi connectivity index (χ1) is 7.20. The molecular formula is C12H24N2O. The van der Waals surface area contributed by atoms with Gasteiger partial charge in [0.25, 0.3) is 0 Å². The molecule has 15 heavy (non-hydrogen) atoms. The summed E-state index contributed by atoms with van der Waals surface area (Å²) in [5, 5.41) is 3.37. The molecule has 0 bridgehead atoms. The largest absolute Gasteiger partial charge is 0.337 e. The van der Waals surface area contributed by atoms with E-state index < -0.39 is 0 Å². The van der Waals surface area contributed by atoms with Gasteiger partial charge in [0.1, 0.15) is 0 Å². The maximum Gasteiger partial charge on any atom is 0.225 e. The molecule has 1 saturated heterocycles. The summed E-state index contributed by atoms with van der Waals surface area (Å²) < 4.78 is 0. The Hall–Kier alpha value is -0.570. The van der Waals surface area contributed by atoms with Gasteiger partial charge in [0.2, 0.25) is 5.91 Å². The Balaban J connectivity index is 2.58. The fraction of sp³-hybridized carbons (Fsp3) is 0.917. The fourth-order valence-corrected chi connectivity index (χ4v) is 2.10. The van der Waals surface area contributed by atoms with Crippen molar-refractivity contribution in [2.45, 2.75) is 46.1 Å². The minimum absolute atomic E-state index is 0.183. The lowest BCUT2D eigenvalue weighted by molar-refractivity contribution is -0.138. The first-order valence-corrected chi connectivity index (χ1v) is 6.21. The molecule has 0 aromatic carbocycles. The van der Waals surface area contributed by atoms with E-state index in [0.29, 0.717) is 11.9 Å². The van der Waals surface area contributed by atoms with Crippen molar-refractivity contribution < 1.29 is 4.79 Å². The van der Waals surface area contributed by atoms with Gasteiger partial charge in [0, 0.05) is 31.6 Å². The molecule has 3 nitrogen and oxygen atoms in total. The SMILES string of the molecule is CCCC1CNCCN1C(=O)C(C)CC. The number of piperazine rings is 1. The van der Waals surface area contributed by atoms with Gasteiger partial charge in [-0.25, -0.2) is 0 Å². The van der Waals surface area contributed by atoms with Crippen LogP contribution in [0, 0.1) is 5.92 Å². The third-order valence-electron chi connectivity index (χ3n) is 3.29. The lowest BCUT2D eigenvalue weighted by atomic mass is 10.0. The van der Waals surface area contributed by atoms with Crippen LogP contribution in [0.25, 0.3) is 0 Å². The number of hydrogen-bond donors (Lipinski definition) is 1. The molecule has 88 valence electrons. The summed E-state index contributed by atoms with van der Waals surface area (Å²) >= 11 is 0. The Morgan fingerprint density at radius 3 is 2.87 bits per heavy atom. The highest BCUT2D eigenvalue weighted by Gasteiger charge is 2.27. The van der Waals surface area contributed by atoms with E-state index in [4.69, 9.17) is 0 Å². The fourth-order valence-electron chi connectivity index (χ4n) is 2.10. The number of hydrogen-bond acceptors (Lipinski definition) is 2. The molecule has 1 aliphatic heterocycles. The van der Waals surface area contributed by atoms with E-state index in [9.17, 15) is 4.79 Å². The third-order valence-corrected chi connectivity index (χ3v) is 3.29. The normalized spacial score (nSPS) is 23.9. The van der Waals surface area contributed by atoms with Crippen molar-refractivity contribution in [3.05, 3.63) is 0 Å². The average molecular weight is 212 g/mol. The number of rotatable bonds is 4. The molecule has 0 aromatic rings. The van der Waals surface area contributed by atoms with Crippen LogP contribution >= 0.6 is 0 Å². The van der Waals surface area contributed by atoms with Crippen LogP contribution in [0.3, 0.4) is 0 Å². The van der Waals surface area contributed by atoms with E-state index in [1.807, 2.05) is 6.92 Å². The van der Waals surface area contributed by atoms with Crippen LogP contribution in [0.1, 0.15) is 40.0 Å². The molecule has 0 saturated carbocycles. The second-order valence-electron chi connectivity index (χ2n) is 4.49. The van der Waals surface area contributed by atoms with Gasteiger partial charge in [-0.1, -0.05) is 27.2 Å². The number of nitrogens with one attached hydrogen (secondary N) is 1. The summed E-state index contributed by atoms with van der Waals surface area (Å²) in [6.45, 7) is 9.10. The van der Waals surface area contributed by atoms with Crippen LogP contribution in [-0.2, 0) is 4.79 Å². The minimum atomic E-state index is 0.183. The lowest BCUT2D eigenvalue weighted by Gasteiger charge is -2.37. The Morgan fingerprint density at radius 2 is 2.27 bits per heavy atom. The van der Waals surface area contributed by atoms with Gasteiger partial charge in [-0.05, 0) is 12.8 Å². The summed E-state index contributed by atoms with van der Waals surface area (Å²) in [4.78, 5) is 14.2. The standard InChI is InChI=1S/C12H24N2O/c1-4-6-11-9-13-7-8-14(11)12(15)10(3)5-2/h10-11,13H,4-9H2,1-3H3. The summed E-state index contributed by atoms with van der Waals surface area (Å²) in [6.07, 6.45) is 3.22. The van der Waals surface area contributed by atoms with Crippen LogP contribution in [0.2, 0.25) is 0 Å². The van der Waals surface area contributed by atoms with Gasteiger partial charge in [0.05, 0.1) is 0 Å². The van der Waals surface area contributed by atoms with E-state index in [2.05, 4.69) is 24.1 Å². The molecule has 0 radical (unpaired) electrons. The lowest BCUT2D eigenvalue weighted by Crippen LogP contribution is -2.54. The summed E-state index contributed by atoms with van der Waals surface area (Å²) in [5.41, 5.74) is 0. The second-order valence-corrected chi connectivity index (χ2v) is 4.49. The predicted molar refractivity (Wildman–Crippen MR) is 62.7 cm³/mol. The Morgan fingerprint density at radius 1 is 1.53 bits per heavy atom. The van der Waals surface area contributed by atoms with Gasteiger partial charge in [-0.2, -0.15) is 0 Å². The molecule has 1 amide bonds. The van der Waals surface area contributed by atoms with Crippen molar-refractivity contribution in [1.29, 1.82) is 0 Å². The summed E-state index contributed by atoms with van der Waals surface area (Å²) in [6, 6.07) is 0.422. The van der Waals surface area contributed by atoms with Gasteiger partial charge in [0.15, 0.2) is 0 Å². The first-order valence-electron chi connectivity index (χ1n) is 6.21. The molecule has 1 fully saturated rings. The topological polar surface area (TPSA) is 32.3 Å². The highest BCUT2D eigenvalue weighted by molar-refractivity contribution is 5.78. The van der Waals surface area contributed by atoms with E-state index in [0.717, 1.165) is 38.9 Å². The Kier molecular flexibility index (Phi) is 5.09. The number of amides is 1. The second kappa shape index (κ2) is 6.11. The number of carbonyl (C=O) groups is 1. The van der Waals surface area contributed by atoms with Crippen molar-refractivity contribution in [3.63, 3.8) is 0 Å². The van der Waals surface area contributed by atoms with E-state index in [-0.39, 0.29) is 5.92 Å². The molecule has 1 rings (SSSR count). The van der Waals surface area contributed by atoms with Crippen molar-refractivity contribution in [1.82, 2.24) is 10.2 Å². The molecule has 0 aliphatic carbocycles. The zero-order chi connectivity index (χ0) is 11.3. The summed E-state index contributed by atoms with van der Waals surface area (Å²) in [5.74, 6) is 0.528. The maximum atomic E-state index is 12.1. The van der Waals surface area contributed by atoms with Crippen LogP contribution in [0.4, 0.5) is 0 Å². The van der Waals surface area contributed by atoms with Gasteiger partial charge < -0.3 is 10.2 Å². The summed E-state index contributed by atoms with van der Waals surface area (Å²) in [7, 11) is 0. The van der Waals surface area contributed by atoms with Crippen LogP contribution < -0.4 is 5.32 Å². The monoisotopic (exact) mass is 212 g/mol. The van der Waals surface area contributed by atoms with Crippen molar-refractivity contribution >= 4 is 5.91 Å². The highest BCUT2D eigenvalue weighted by Crippen LogP contribution is 2.15. The smallest absolute Gasteiger partial charge is 0.225 e. The molecule has 1 aliphatic rings. The zero-order valence-corrected chi connectivity index (χ0v) is 10.3. The molecule has 1 N–H and O–H groups in total. The molecule has 2 unspecified atom stereocenters. The highest BCUT2D eigenvalue weighted by atomic mass is 16.2. The molecule has 2 atom stereocenters. The quantitative estimate of drug-likeness (QED) is 0.768. The van der Waals surface area contributed by atoms with Crippen LogP contribution in [0.5, 0.6) is 0 Å². The van der Waals surface area contributed by atoms with Crippen LogP contribution in [-0.4, -0.2) is 36.5 Å². The van der Waals surface area contributed by atoms with E-state index in [1.165, 1.54) is 0 Å². The Labute approximate surface area is 93.2 Å². The molecule has 3 heteroatoms. The minimum Gasteiger partial charge on any atom is -0.337 e. The van der Waals surface area contributed by atoms with Crippen molar-refractivity contribution in [2.75, 3.05) is 19.6 Å². The predicted octanol–water partition coefficient (Wildman–Crippen LogP) is 1.63. The number of nitrogens with zero attached hydrogens (tertiary/aromatic N) is 1. The molecule has 0 aromatic heterocycles. The molecular weight excluding hydrogens is 188 g/mol. The van der Waals surface area contributed by atoms with Crippen LogP contribution in [0.15, 0.2) is 0 Å². The van der Waals surface area contributed by atoms with Crippen molar-refractivity contribution in [2.24, 2.45) is 5.92 Å². The first kappa shape index (κ1) is 12.5. The van der Waals surface area contributed by atoms with E-state index >= 15 is 0 Å². The zero-order valence-electron chi connectivity index (χ0n) is 10.3. The average Bonchev–Trinajstić information content (AvgIpc) is 2.28. The van der Waals surface area contributed by atoms with Gasteiger partial charge in [-0.15, -0.1) is 0 Å². The third kappa shape index (κ3) is 3.20. The maximum absolute atomic E-state index is 12.1. The molecule has 1 heterocycles.